The van der Waals surface area contributed by atoms with Gasteiger partial charge < -0.3 is 5.32 Å². The summed E-state index contributed by atoms with van der Waals surface area (Å²) in [5.41, 5.74) is 8.52. The molecule has 4 nitrogen and oxygen atoms in total. The number of carbonyl (C=O) groups excluding carboxylic acids is 2. The molecule has 1 unspecified atom stereocenters. The highest BCUT2D eigenvalue weighted by Crippen LogP contribution is 2.26. The average Bonchev–Trinajstić information content (AvgIpc) is 2.50. The number of hydrogen-bond acceptors (Lipinski definition) is 2. The van der Waals surface area contributed by atoms with Crippen LogP contribution in [0.5, 0.6) is 0 Å². The van der Waals surface area contributed by atoms with E-state index in [0.29, 0.717) is 5.56 Å². The van der Waals surface area contributed by atoms with Gasteiger partial charge in [0, 0.05) is 10.0 Å². The Balaban J connectivity index is 2.16. The lowest BCUT2D eigenvalue weighted by molar-refractivity contribution is -0.129. The van der Waals surface area contributed by atoms with E-state index in [4.69, 9.17) is 17.3 Å². The van der Waals surface area contributed by atoms with Crippen LogP contribution < -0.4 is 11.1 Å². The Kier molecular flexibility index (Phi) is 5.21. The van der Waals surface area contributed by atoms with Gasteiger partial charge in [0.15, 0.2) is 0 Å². The number of alkyl halides is 1. The van der Waals surface area contributed by atoms with Crippen molar-refractivity contribution in [1.29, 1.82) is 0 Å². The maximum absolute atomic E-state index is 12.1. The smallest absolute Gasteiger partial charge is 0.284 e. The Hall–Kier alpha value is -1.85. The predicted molar refractivity (Wildman–Crippen MR) is 88.1 cm³/mol. The third-order valence-corrected chi connectivity index (χ3v) is 4.09. The van der Waals surface area contributed by atoms with Gasteiger partial charge in [0.05, 0.1) is 6.42 Å². The summed E-state index contributed by atoms with van der Waals surface area (Å²) in [6, 6.07) is 15.6. The molecule has 2 N–H and O–H groups in total. The molecule has 2 rings (SSSR count). The molecule has 0 heterocycles. The van der Waals surface area contributed by atoms with Gasteiger partial charge in [0.25, 0.3) is 5.91 Å². The van der Waals surface area contributed by atoms with Gasteiger partial charge in [-0.05, 0) is 17.7 Å². The second-order valence-electron chi connectivity index (χ2n) is 4.71. The predicted octanol–water partition coefficient (Wildman–Crippen LogP) is 3.01. The van der Waals surface area contributed by atoms with Crippen molar-refractivity contribution in [2.45, 2.75) is 11.4 Å². The second kappa shape index (κ2) is 6.94. The molecule has 0 aliphatic heterocycles. The van der Waals surface area contributed by atoms with Crippen molar-refractivity contribution in [3.8, 4) is 0 Å². The molecular formula is C16H13BrClN2O2. The van der Waals surface area contributed by atoms with Crippen LogP contribution in [-0.2, 0) is 21.0 Å². The Labute approximate surface area is 141 Å². The molecule has 0 aliphatic carbocycles. The maximum Gasteiger partial charge on any atom is 0.284 e. The summed E-state index contributed by atoms with van der Waals surface area (Å²) in [6.07, 6.45) is 0.0713. The molecule has 2 aromatic carbocycles. The van der Waals surface area contributed by atoms with Crippen LogP contribution in [0.4, 0.5) is 0 Å². The van der Waals surface area contributed by atoms with E-state index in [-0.39, 0.29) is 6.42 Å². The first kappa shape index (κ1) is 16.5. The van der Waals surface area contributed by atoms with Crippen LogP contribution in [-0.4, -0.2) is 11.8 Å². The molecule has 22 heavy (non-hydrogen) atoms. The molecule has 0 aliphatic rings. The van der Waals surface area contributed by atoms with E-state index in [9.17, 15) is 9.59 Å². The minimum Gasteiger partial charge on any atom is -0.326 e. The van der Waals surface area contributed by atoms with Crippen molar-refractivity contribution in [1.82, 2.24) is 11.1 Å². The molecule has 0 spiro atoms. The van der Waals surface area contributed by atoms with E-state index < -0.39 is 16.8 Å². The fraction of sp³-hybridized carbons (Fsp3) is 0.125. The molecule has 113 valence electrons. The number of amides is 2. The van der Waals surface area contributed by atoms with E-state index in [2.05, 4.69) is 21.2 Å². The van der Waals surface area contributed by atoms with Gasteiger partial charge in [-0.3, -0.25) is 15.3 Å². The maximum atomic E-state index is 12.1. The van der Waals surface area contributed by atoms with Crippen molar-refractivity contribution in [2.75, 3.05) is 0 Å². The summed E-state index contributed by atoms with van der Waals surface area (Å²) < 4.78 is 0.911. The summed E-state index contributed by atoms with van der Waals surface area (Å²) in [6.45, 7) is 0. The first-order chi connectivity index (χ1) is 10.4. The summed E-state index contributed by atoms with van der Waals surface area (Å²) >= 11 is 9.53. The van der Waals surface area contributed by atoms with Gasteiger partial charge in [0.2, 0.25) is 10.9 Å². The number of rotatable bonds is 5. The molecule has 1 atom stereocenters. The SMILES string of the molecule is [NH]C(=O)C(Cl)(NC(=O)Cc1ccc(Br)cc1)c1ccccc1. The lowest BCUT2D eigenvalue weighted by atomic mass is 10.0. The zero-order chi connectivity index (χ0) is 16.2. The largest absolute Gasteiger partial charge is 0.326 e. The fourth-order valence-electron chi connectivity index (χ4n) is 1.95. The van der Waals surface area contributed by atoms with Crippen LogP contribution in [0.15, 0.2) is 59.1 Å². The lowest BCUT2D eigenvalue weighted by Gasteiger charge is -2.24. The van der Waals surface area contributed by atoms with Gasteiger partial charge in [-0.15, -0.1) is 0 Å². The third-order valence-electron chi connectivity index (χ3n) is 3.07. The highest BCUT2D eigenvalue weighted by atomic mass is 79.9. The van der Waals surface area contributed by atoms with E-state index in [1.165, 1.54) is 0 Å². The molecule has 1 radical (unpaired) electrons. The summed E-state index contributed by atoms with van der Waals surface area (Å²) in [5, 5.41) is 2.45. The molecule has 0 fully saturated rings. The van der Waals surface area contributed by atoms with E-state index in [1.807, 2.05) is 12.1 Å². The van der Waals surface area contributed by atoms with Crippen molar-refractivity contribution >= 4 is 39.3 Å². The fourth-order valence-corrected chi connectivity index (χ4v) is 2.45. The van der Waals surface area contributed by atoms with Crippen molar-refractivity contribution < 1.29 is 9.59 Å². The molecule has 0 bridgehead atoms. The average molecular weight is 381 g/mol. The lowest BCUT2D eigenvalue weighted by Crippen LogP contribution is -2.48. The minimum atomic E-state index is -1.87. The molecule has 0 saturated carbocycles. The molecule has 0 saturated heterocycles. The number of carbonyl (C=O) groups is 2. The monoisotopic (exact) mass is 379 g/mol. The van der Waals surface area contributed by atoms with Crippen molar-refractivity contribution in [2.24, 2.45) is 0 Å². The third kappa shape index (κ3) is 3.87. The Morgan fingerprint density at radius 1 is 1.09 bits per heavy atom. The quantitative estimate of drug-likeness (QED) is 0.640. The number of nitrogens with one attached hydrogen (secondary N) is 2. The zero-order valence-electron chi connectivity index (χ0n) is 11.5. The van der Waals surface area contributed by atoms with E-state index in [0.717, 1.165) is 10.0 Å². The molecule has 0 aromatic heterocycles. The highest BCUT2D eigenvalue weighted by molar-refractivity contribution is 9.10. The van der Waals surface area contributed by atoms with Crippen molar-refractivity contribution in [3.63, 3.8) is 0 Å². The van der Waals surface area contributed by atoms with Crippen LogP contribution in [0.1, 0.15) is 11.1 Å². The zero-order valence-corrected chi connectivity index (χ0v) is 13.8. The number of halogens is 2. The normalized spacial score (nSPS) is 13.2. The van der Waals surface area contributed by atoms with Gasteiger partial charge in [0.1, 0.15) is 0 Å². The van der Waals surface area contributed by atoms with Crippen LogP contribution >= 0.6 is 27.5 Å². The number of benzene rings is 2. The van der Waals surface area contributed by atoms with Gasteiger partial charge in [-0.2, -0.15) is 0 Å². The van der Waals surface area contributed by atoms with Crippen LogP contribution in [0, 0.1) is 0 Å². The highest BCUT2D eigenvalue weighted by Gasteiger charge is 2.38. The second-order valence-corrected chi connectivity index (χ2v) is 6.19. The van der Waals surface area contributed by atoms with Crippen LogP contribution in [0.25, 0.3) is 0 Å². The van der Waals surface area contributed by atoms with Crippen molar-refractivity contribution in [3.05, 3.63) is 70.2 Å². The summed E-state index contributed by atoms with van der Waals surface area (Å²) in [7, 11) is 0. The van der Waals surface area contributed by atoms with Gasteiger partial charge in [-0.25, -0.2) is 0 Å². The summed E-state index contributed by atoms with van der Waals surface area (Å²) in [5.74, 6) is -1.51. The first-order valence-corrected chi connectivity index (χ1v) is 7.65. The van der Waals surface area contributed by atoms with Crippen LogP contribution in [0.3, 0.4) is 0 Å². The molecule has 6 heteroatoms. The molecule has 2 aromatic rings. The molecule has 2 amide bonds. The first-order valence-electron chi connectivity index (χ1n) is 6.48. The van der Waals surface area contributed by atoms with Gasteiger partial charge in [-0.1, -0.05) is 70.0 Å². The Morgan fingerprint density at radius 2 is 1.68 bits per heavy atom. The van der Waals surface area contributed by atoms with E-state index >= 15 is 0 Å². The van der Waals surface area contributed by atoms with Gasteiger partial charge >= 0.3 is 0 Å². The molecular weight excluding hydrogens is 368 g/mol. The Morgan fingerprint density at radius 3 is 2.23 bits per heavy atom. The topological polar surface area (TPSA) is 70.0 Å². The summed E-state index contributed by atoms with van der Waals surface area (Å²) in [4.78, 5) is 21.9. The van der Waals surface area contributed by atoms with Crippen LogP contribution in [0.2, 0.25) is 0 Å². The number of hydrogen-bond donors (Lipinski definition) is 1. The van der Waals surface area contributed by atoms with E-state index in [1.54, 1.807) is 42.5 Å². The minimum absolute atomic E-state index is 0.0713. The standard InChI is InChI=1S/C16H13BrClN2O2/c17-13-8-6-11(7-9-13)10-14(21)20-16(18,15(19)22)12-4-2-1-3-5-12/h1-9,19H,10H2,(H,20,21). The Bertz CT molecular complexity index is 676.